The molecule has 1 saturated heterocycles. The van der Waals surface area contributed by atoms with Crippen molar-refractivity contribution in [3.8, 4) is 0 Å². The average molecular weight is 354 g/mol. The molecular weight excluding hydrogens is 328 g/mol. The molecule has 0 aliphatic carbocycles. The number of benzene rings is 1. The molecule has 0 amide bonds. The number of guanidine groups is 1. The third kappa shape index (κ3) is 5.47. The van der Waals surface area contributed by atoms with Crippen LogP contribution in [0.4, 0.5) is 5.69 Å². The molecule has 1 aromatic carbocycles. The van der Waals surface area contributed by atoms with Crippen molar-refractivity contribution in [3.63, 3.8) is 0 Å². The molecule has 2 atom stereocenters. The second-order valence-electron chi connectivity index (χ2n) is 6.15. The number of hydrogen-bond acceptors (Lipinski definition) is 4. The lowest BCUT2D eigenvalue weighted by Crippen LogP contribution is -2.49. The summed E-state index contributed by atoms with van der Waals surface area (Å²) in [4.78, 5) is 4.11. The maximum Gasteiger partial charge on any atom is 0.216 e. The number of hydrogen-bond donors (Lipinski definition) is 2. The highest BCUT2D eigenvalue weighted by Gasteiger charge is 2.30. The zero-order chi connectivity index (χ0) is 17.7. The van der Waals surface area contributed by atoms with Gasteiger partial charge in [-0.3, -0.25) is 4.99 Å². The predicted molar refractivity (Wildman–Crippen MR) is 96.7 cm³/mol. The van der Waals surface area contributed by atoms with Gasteiger partial charge in [0.1, 0.15) is 0 Å². The van der Waals surface area contributed by atoms with E-state index in [1.807, 2.05) is 45.0 Å². The summed E-state index contributed by atoms with van der Waals surface area (Å²) in [5, 5.41) is 2.96. The Kier molecular flexibility index (Phi) is 6.20. The predicted octanol–water partition coefficient (Wildman–Crippen LogP) is 1.16. The number of ether oxygens (including phenoxy) is 1. The molecule has 2 unspecified atom stereocenters. The molecule has 24 heavy (non-hydrogen) atoms. The minimum Gasteiger partial charge on any atom is -0.373 e. The van der Waals surface area contributed by atoms with Crippen molar-refractivity contribution in [2.75, 3.05) is 30.7 Å². The molecule has 1 aromatic rings. The third-order valence-corrected chi connectivity index (χ3v) is 5.48. The molecule has 1 aliphatic heterocycles. The number of sulfonamides is 1. The van der Waals surface area contributed by atoms with Crippen LogP contribution >= 0.6 is 0 Å². The second kappa shape index (κ2) is 7.96. The van der Waals surface area contributed by atoms with Gasteiger partial charge in [-0.25, -0.2) is 8.42 Å². The van der Waals surface area contributed by atoms with Gasteiger partial charge in [-0.15, -0.1) is 0 Å². The molecule has 0 saturated carbocycles. The van der Waals surface area contributed by atoms with Crippen LogP contribution in [0.25, 0.3) is 0 Å². The van der Waals surface area contributed by atoms with Gasteiger partial charge in [0.05, 0.1) is 24.5 Å². The van der Waals surface area contributed by atoms with Crippen LogP contribution < -0.4 is 11.1 Å². The molecule has 8 heteroatoms. The van der Waals surface area contributed by atoms with Crippen molar-refractivity contribution >= 4 is 21.7 Å². The monoisotopic (exact) mass is 354 g/mol. The molecule has 2 rings (SSSR count). The first-order valence-electron chi connectivity index (χ1n) is 8.03. The number of nitrogens with one attached hydrogen (secondary N) is 1. The Balaban J connectivity index is 1.89. The van der Waals surface area contributed by atoms with Crippen molar-refractivity contribution in [2.45, 2.75) is 33.0 Å². The quantitative estimate of drug-likeness (QED) is 0.611. The third-order valence-electron chi connectivity index (χ3n) is 3.70. The fourth-order valence-corrected chi connectivity index (χ4v) is 4.13. The summed E-state index contributed by atoms with van der Waals surface area (Å²) in [5.74, 6) is 0.141. The zero-order valence-electron chi connectivity index (χ0n) is 14.4. The van der Waals surface area contributed by atoms with Crippen molar-refractivity contribution in [1.82, 2.24) is 4.31 Å². The molecule has 0 spiro atoms. The lowest BCUT2D eigenvalue weighted by Gasteiger charge is -2.34. The van der Waals surface area contributed by atoms with Gasteiger partial charge in [0.2, 0.25) is 10.0 Å². The number of morpholine rings is 1. The molecule has 7 nitrogen and oxygen atoms in total. The van der Waals surface area contributed by atoms with Crippen molar-refractivity contribution in [1.29, 1.82) is 0 Å². The second-order valence-corrected chi connectivity index (χ2v) is 8.24. The van der Waals surface area contributed by atoms with E-state index in [1.165, 1.54) is 4.31 Å². The normalized spacial score (nSPS) is 23.2. The van der Waals surface area contributed by atoms with Crippen molar-refractivity contribution in [3.05, 3.63) is 29.8 Å². The maximum atomic E-state index is 12.4. The van der Waals surface area contributed by atoms with E-state index in [9.17, 15) is 8.42 Å². The minimum absolute atomic E-state index is 0.0668. The van der Waals surface area contributed by atoms with Gasteiger partial charge >= 0.3 is 0 Å². The summed E-state index contributed by atoms with van der Waals surface area (Å²) in [5.41, 5.74) is 7.75. The molecule has 1 fully saturated rings. The van der Waals surface area contributed by atoms with Crippen LogP contribution in [-0.2, 0) is 14.8 Å². The summed E-state index contributed by atoms with van der Waals surface area (Å²) in [6, 6.07) is 7.71. The van der Waals surface area contributed by atoms with Gasteiger partial charge in [-0.1, -0.05) is 12.1 Å². The molecule has 0 aromatic heterocycles. The van der Waals surface area contributed by atoms with Crippen LogP contribution in [-0.4, -0.2) is 56.3 Å². The largest absolute Gasteiger partial charge is 0.373 e. The minimum atomic E-state index is -3.36. The zero-order valence-corrected chi connectivity index (χ0v) is 15.2. The number of anilines is 1. The Morgan fingerprint density at radius 2 is 2.04 bits per heavy atom. The Morgan fingerprint density at radius 1 is 1.38 bits per heavy atom. The standard InChI is InChI=1S/C16H26N4O3S/c1-12-5-4-6-15(9-12)19-16(17)18-7-8-24(21,22)20-10-13(2)23-14(3)11-20/h4-6,9,13-14H,7-8,10-11H2,1-3H3,(H3,17,18,19). The van der Waals surface area contributed by atoms with E-state index in [1.54, 1.807) is 0 Å². The Hall–Kier alpha value is -1.64. The summed E-state index contributed by atoms with van der Waals surface area (Å²) in [6.07, 6.45) is -0.194. The molecule has 0 bridgehead atoms. The number of rotatable bonds is 5. The molecule has 0 radical (unpaired) electrons. The van der Waals surface area contributed by atoms with E-state index in [0.29, 0.717) is 13.1 Å². The topological polar surface area (TPSA) is 97.0 Å². The highest BCUT2D eigenvalue weighted by atomic mass is 32.2. The lowest BCUT2D eigenvalue weighted by atomic mass is 10.2. The molecule has 1 aliphatic rings. The fourth-order valence-electron chi connectivity index (χ4n) is 2.68. The van der Waals surface area contributed by atoms with E-state index in [4.69, 9.17) is 10.5 Å². The van der Waals surface area contributed by atoms with E-state index >= 15 is 0 Å². The van der Waals surface area contributed by atoms with E-state index in [2.05, 4.69) is 10.3 Å². The van der Waals surface area contributed by atoms with Gasteiger partial charge in [0.25, 0.3) is 0 Å². The maximum absolute atomic E-state index is 12.4. The number of aliphatic imine (C=N–C) groups is 1. The summed E-state index contributed by atoms with van der Waals surface area (Å²) in [7, 11) is -3.36. The molecule has 3 N–H and O–H groups in total. The van der Waals surface area contributed by atoms with Crippen LogP contribution in [0.15, 0.2) is 29.3 Å². The van der Waals surface area contributed by atoms with Crippen LogP contribution in [0.2, 0.25) is 0 Å². The van der Waals surface area contributed by atoms with Crippen LogP contribution in [0.3, 0.4) is 0 Å². The number of nitrogens with two attached hydrogens (primary N) is 1. The summed E-state index contributed by atoms with van der Waals surface area (Å²) < 4.78 is 31.8. The first-order chi connectivity index (χ1) is 11.3. The van der Waals surface area contributed by atoms with Gasteiger partial charge in [0.15, 0.2) is 5.96 Å². The number of aryl methyl sites for hydroxylation is 1. The van der Waals surface area contributed by atoms with Crippen LogP contribution in [0, 0.1) is 6.92 Å². The fraction of sp³-hybridized carbons (Fsp3) is 0.562. The van der Waals surface area contributed by atoms with Crippen molar-refractivity contribution < 1.29 is 13.2 Å². The molecule has 134 valence electrons. The van der Waals surface area contributed by atoms with E-state index in [-0.39, 0.29) is 30.5 Å². The van der Waals surface area contributed by atoms with Gasteiger partial charge in [-0.05, 0) is 38.5 Å². The first kappa shape index (κ1) is 18.7. The molecular formula is C16H26N4O3S. The lowest BCUT2D eigenvalue weighted by molar-refractivity contribution is -0.0440. The Morgan fingerprint density at radius 3 is 2.67 bits per heavy atom. The highest BCUT2D eigenvalue weighted by Crippen LogP contribution is 2.15. The first-order valence-corrected chi connectivity index (χ1v) is 9.64. The van der Waals surface area contributed by atoms with E-state index in [0.717, 1.165) is 11.3 Å². The Bertz CT molecular complexity index is 680. The van der Waals surface area contributed by atoms with Gasteiger partial charge in [-0.2, -0.15) is 4.31 Å². The SMILES string of the molecule is Cc1cccc(NC(N)=NCCS(=O)(=O)N2CC(C)OC(C)C2)c1. The molecule has 1 heterocycles. The summed E-state index contributed by atoms with van der Waals surface area (Å²) in [6.45, 7) is 6.61. The smallest absolute Gasteiger partial charge is 0.216 e. The summed E-state index contributed by atoms with van der Waals surface area (Å²) >= 11 is 0. The van der Waals surface area contributed by atoms with Gasteiger partial charge in [0, 0.05) is 18.8 Å². The average Bonchev–Trinajstić information content (AvgIpc) is 2.46. The van der Waals surface area contributed by atoms with E-state index < -0.39 is 10.0 Å². The van der Waals surface area contributed by atoms with Crippen LogP contribution in [0.1, 0.15) is 19.4 Å². The van der Waals surface area contributed by atoms with Crippen molar-refractivity contribution in [2.24, 2.45) is 10.7 Å². The Labute approximate surface area is 143 Å². The number of nitrogens with zero attached hydrogens (tertiary/aromatic N) is 2. The van der Waals surface area contributed by atoms with Crippen LogP contribution in [0.5, 0.6) is 0 Å². The van der Waals surface area contributed by atoms with Gasteiger partial charge < -0.3 is 15.8 Å². The highest BCUT2D eigenvalue weighted by molar-refractivity contribution is 7.89.